The van der Waals surface area contributed by atoms with Crippen LogP contribution in [0.5, 0.6) is 11.5 Å². The van der Waals surface area contributed by atoms with Crippen molar-refractivity contribution >= 4 is 33.4 Å². The van der Waals surface area contributed by atoms with E-state index in [1.54, 1.807) is 25.3 Å². The summed E-state index contributed by atoms with van der Waals surface area (Å²) in [5.74, 6) is 1.13. The molecule has 0 saturated carbocycles. The van der Waals surface area contributed by atoms with Crippen molar-refractivity contribution in [2.45, 2.75) is 6.61 Å². The number of hydrogen-bond donors (Lipinski definition) is 2. The SMILES string of the molecule is COc1ccc(Br)cc1COc1cc(Cl)ccc1C(=N)N. The van der Waals surface area contributed by atoms with Crippen LogP contribution in [-0.2, 0) is 6.61 Å². The average Bonchev–Trinajstić information content (AvgIpc) is 2.45. The summed E-state index contributed by atoms with van der Waals surface area (Å²) in [5.41, 5.74) is 6.93. The van der Waals surface area contributed by atoms with Crippen LogP contribution >= 0.6 is 27.5 Å². The van der Waals surface area contributed by atoms with Gasteiger partial charge in [-0.15, -0.1) is 0 Å². The molecule has 0 spiro atoms. The quantitative estimate of drug-likeness (QED) is 0.619. The lowest BCUT2D eigenvalue weighted by Crippen LogP contribution is -2.13. The van der Waals surface area contributed by atoms with Gasteiger partial charge in [-0.25, -0.2) is 0 Å². The average molecular weight is 370 g/mol. The fourth-order valence-electron chi connectivity index (χ4n) is 1.85. The minimum atomic E-state index is -0.0668. The summed E-state index contributed by atoms with van der Waals surface area (Å²) >= 11 is 9.38. The highest BCUT2D eigenvalue weighted by Crippen LogP contribution is 2.27. The second-order valence-electron chi connectivity index (χ2n) is 4.30. The topological polar surface area (TPSA) is 68.3 Å². The Balaban J connectivity index is 2.26. The standard InChI is InChI=1S/C15H14BrClN2O2/c1-20-13-5-2-10(16)6-9(13)8-21-14-7-11(17)3-4-12(14)15(18)19/h2-7H,8H2,1H3,(H3,18,19). The van der Waals surface area contributed by atoms with Crippen molar-refractivity contribution in [2.24, 2.45) is 5.73 Å². The number of benzene rings is 2. The Morgan fingerprint density at radius 3 is 2.67 bits per heavy atom. The van der Waals surface area contributed by atoms with Gasteiger partial charge in [0, 0.05) is 15.1 Å². The first-order valence-electron chi connectivity index (χ1n) is 6.10. The monoisotopic (exact) mass is 368 g/mol. The van der Waals surface area contributed by atoms with Gasteiger partial charge in [0.2, 0.25) is 0 Å². The number of hydrogen-bond acceptors (Lipinski definition) is 3. The van der Waals surface area contributed by atoms with Gasteiger partial charge >= 0.3 is 0 Å². The van der Waals surface area contributed by atoms with Gasteiger partial charge in [0.25, 0.3) is 0 Å². The third-order valence-corrected chi connectivity index (χ3v) is 3.59. The molecule has 110 valence electrons. The smallest absolute Gasteiger partial charge is 0.132 e. The highest BCUT2D eigenvalue weighted by atomic mass is 79.9. The minimum Gasteiger partial charge on any atom is -0.496 e. The zero-order valence-corrected chi connectivity index (χ0v) is 13.7. The van der Waals surface area contributed by atoms with Crippen molar-refractivity contribution in [1.82, 2.24) is 0 Å². The Morgan fingerprint density at radius 1 is 1.24 bits per heavy atom. The molecule has 2 aromatic rings. The number of methoxy groups -OCH3 is 1. The zero-order chi connectivity index (χ0) is 15.4. The van der Waals surface area contributed by atoms with Gasteiger partial charge in [-0.2, -0.15) is 0 Å². The van der Waals surface area contributed by atoms with E-state index in [0.29, 0.717) is 16.3 Å². The first-order valence-corrected chi connectivity index (χ1v) is 7.27. The first kappa shape index (κ1) is 15.7. The van der Waals surface area contributed by atoms with E-state index in [9.17, 15) is 0 Å². The van der Waals surface area contributed by atoms with Crippen LogP contribution in [0.4, 0.5) is 0 Å². The van der Waals surface area contributed by atoms with E-state index in [2.05, 4.69) is 15.9 Å². The van der Waals surface area contributed by atoms with Crippen molar-refractivity contribution < 1.29 is 9.47 Å². The summed E-state index contributed by atoms with van der Waals surface area (Å²) in [6, 6.07) is 10.6. The molecular formula is C15H14BrClN2O2. The third-order valence-electron chi connectivity index (χ3n) is 2.86. The van der Waals surface area contributed by atoms with Crippen LogP contribution in [0.25, 0.3) is 0 Å². The fraction of sp³-hybridized carbons (Fsp3) is 0.133. The molecule has 2 rings (SSSR count). The lowest BCUT2D eigenvalue weighted by molar-refractivity contribution is 0.296. The van der Waals surface area contributed by atoms with E-state index in [4.69, 9.17) is 32.2 Å². The number of ether oxygens (including phenoxy) is 2. The van der Waals surface area contributed by atoms with E-state index in [0.717, 1.165) is 15.8 Å². The van der Waals surface area contributed by atoms with Crippen molar-refractivity contribution in [3.05, 3.63) is 57.0 Å². The van der Waals surface area contributed by atoms with Crippen LogP contribution in [0, 0.1) is 5.41 Å². The molecule has 0 radical (unpaired) electrons. The molecule has 0 aliphatic rings. The van der Waals surface area contributed by atoms with Gasteiger partial charge in [-0.1, -0.05) is 27.5 Å². The van der Waals surface area contributed by atoms with Gasteiger partial charge in [0.1, 0.15) is 23.9 Å². The van der Waals surface area contributed by atoms with E-state index in [1.807, 2.05) is 18.2 Å². The zero-order valence-electron chi connectivity index (χ0n) is 11.3. The summed E-state index contributed by atoms with van der Waals surface area (Å²) in [6.07, 6.45) is 0. The highest BCUT2D eigenvalue weighted by Gasteiger charge is 2.10. The highest BCUT2D eigenvalue weighted by molar-refractivity contribution is 9.10. The number of rotatable bonds is 5. The second-order valence-corrected chi connectivity index (χ2v) is 5.65. The van der Waals surface area contributed by atoms with Crippen LogP contribution in [0.15, 0.2) is 40.9 Å². The maximum Gasteiger partial charge on any atom is 0.132 e. The van der Waals surface area contributed by atoms with Crippen molar-refractivity contribution in [2.75, 3.05) is 7.11 Å². The van der Waals surface area contributed by atoms with Gasteiger partial charge in [0.05, 0.1) is 12.7 Å². The number of nitrogen functional groups attached to an aromatic ring is 1. The molecule has 0 bridgehead atoms. The van der Waals surface area contributed by atoms with Crippen molar-refractivity contribution in [1.29, 1.82) is 5.41 Å². The van der Waals surface area contributed by atoms with Crippen LogP contribution < -0.4 is 15.2 Å². The van der Waals surface area contributed by atoms with Crippen LogP contribution in [-0.4, -0.2) is 12.9 Å². The molecule has 0 fully saturated rings. The van der Waals surface area contributed by atoms with Gasteiger partial charge in [-0.05, 0) is 36.4 Å². The second kappa shape index (κ2) is 6.83. The molecular weight excluding hydrogens is 356 g/mol. The van der Waals surface area contributed by atoms with Gasteiger partial charge in [0.15, 0.2) is 0 Å². The lowest BCUT2D eigenvalue weighted by Gasteiger charge is -2.13. The normalized spacial score (nSPS) is 10.2. The van der Waals surface area contributed by atoms with Crippen molar-refractivity contribution in [3.63, 3.8) is 0 Å². The third kappa shape index (κ3) is 3.89. The molecule has 0 atom stereocenters. The Labute approximate surface area is 136 Å². The maximum atomic E-state index is 7.56. The Bertz CT molecular complexity index is 677. The molecule has 0 heterocycles. The predicted molar refractivity (Wildman–Crippen MR) is 87.5 cm³/mol. The molecule has 4 nitrogen and oxygen atoms in total. The Kier molecular flexibility index (Phi) is 5.09. The summed E-state index contributed by atoms with van der Waals surface area (Å²) in [7, 11) is 1.60. The Hall–Kier alpha value is -1.72. The molecule has 0 amide bonds. The molecule has 0 aromatic heterocycles. The summed E-state index contributed by atoms with van der Waals surface area (Å²) in [5, 5.41) is 8.09. The fourth-order valence-corrected chi connectivity index (χ4v) is 2.42. The summed E-state index contributed by atoms with van der Waals surface area (Å²) in [4.78, 5) is 0. The van der Waals surface area contributed by atoms with Crippen LogP contribution in [0.1, 0.15) is 11.1 Å². The largest absolute Gasteiger partial charge is 0.496 e. The molecule has 3 N–H and O–H groups in total. The first-order chi connectivity index (χ1) is 10.0. The summed E-state index contributed by atoms with van der Waals surface area (Å²) < 4.78 is 12.0. The molecule has 21 heavy (non-hydrogen) atoms. The molecule has 6 heteroatoms. The van der Waals surface area contributed by atoms with E-state index in [-0.39, 0.29) is 12.4 Å². The number of halogens is 2. The van der Waals surface area contributed by atoms with Crippen LogP contribution in [0.2, 0.25) is 5.02 Å². The van der Waals surface area contributed by atoms with Gasteiger partial charge < -0.3 is 15.2 Å². The molecule has 0 saturated heterocycles. The van der Waals surface area contributed by atoms with E-state index in [1.165, 1.54) is 0 Å². The number of nitrogens with two attached hydrogens (primary N) is 1. The molecule has 0 aliphatic heterocycles. The predicted octanol–water partition coefficient (Wildman–Crippen LogP) is 3.97. The van der Waals surface area contributed by atoms with Crippen LogP contribution in [0.3, 0.4) is 0 Å². The maximum absolute atomic E-state index is 7.56. The Morgan fingerprint density at radius 2 is 2.00 bits per heavy atom. The molecule has 0 unspecified atom stereocenters. The van der Waals surface area contributed by atoms with E-state index < -0.39 is 0 Å². The lowest BCUT2D eigenvalue weighted by atomic mass is 10.2. The van der Waals surface area contributed by atoms with Gasteiger partial charge in [-0.3, -0.25) is 5.41 Å². The minimum absolute atomic E-state index is 0.0668. The number of nitrogens with one attached hydrogen (secondary N) is 1. The summed E-state index contributed by atoms with van der Waals surface area (Å²) in [6.45, 7) is 0.281. The van der Waals surface area contributed by atoms with E-state index >= 15 is 0 Å². The molecule has 0 aliphatic carbocycles. The van der Waals surface area contributed by atoms with Crippen molar-refractivity contribution in [3.8, 4) is 11.5 Å². The number of amidine groups is 1. The molecule has 2 aromatic carbocycles.